The predicted octanol–water partition coefficient (Wildman–Crippen LogP) is 3.95. The number of hydrogen-bond acceptors (Lipinski definition) is 3. The molecule has 0 aliphatic rings. The van der Waals surface area contributed by atoms with Crippen molar-refractivity contribution in [3.05, 3.63) is 56.2 Å². The standard InChI is InChI=1S/C15H19BrN2S/c1-11-7-8-15(19-11)14(9-17)18(2)10-12-5-3-4-6-13(12)16/h3-8,14H,9-10,17H2,1-2H3. The minimum absolute atomic E-state index is 0.283. The highest BCUT2D eigenvalue weighted by Crippen LogP contribution is 2.28. The van der Waals surface area contributed by atoms with E-state index in [9.17, 15) is 0 Å². The molecule has 19 heavy (non-hydrogen) atoms. The molecule has 0 fully saturated rings. The second-order valence-electron chi connectivity index (χ2n) is 4.71. The van der Waals surface area contributed by atoms with Gasteiger partial charge in [0.05, 0.1) is 6.04 Å². The fourth-order valence-electron chi connectivity index (χ4n) is 2.15. The largest absolute Gasteiger partial charge is 0.329 e. The molecule has 0 aliphatic heterocycles. The molecule has 0 aliphatic carbocycles. The third-order valence-electron chi connectivity index (χ3n) is 3.22. The van der Waals surface area contributed by atoms with Crippen molar-refractivity contribution in [3.8, 4) is 0 Å². The van der Waals surface area contributed by atoms with Gasteiger partial charge in [0.1, 0.15) is 0 Å². The van der Waals surface area contributed by atoms with Crippen molar-refractivity contribution >= 4 is 27.3 Å². The van der Waals surface area contributed by atoms with Crippen LogP contribution in [0.2, 0.25) is 0 Å². The molecular weight excluding hydrogens is 320 g/mol. The third-order valence-corrected chi connectivity index (χ3v) is 5.10. The van der Waals surface area contributed by atoms with Gasteiger partial charge in [-0.2, -0.15) is 0 Å². The molecule has 1 atom stereocenters. The van der Waals surface area contributed by atoms with E-state index in [4.69, 9.17) is 5.73 Å². The molecule has 2 N–H and O–H groups in total. The van der Waals surface area contributed by atoms with Gasteiger partial charge in [0.2, 0.25) is 0 Å². The van der Waals surface area contributed by atoms with Crippen LogP contribution in [-0.2, 0) is 6.54 Å². The SMILES string of the molecule is Cc1ccc(C(CN)N(C)Cc2ccccc2Br)s1. The number of aryl methyl sites for hydroxylation is 1. The Bertz CT molecular complexity index is 538. The number of nitrogens with two attached hydrogens (primary N) is 1. The maximum Gasteiger partial charge on any atom is 0.0564 e. The average molecular weight is 339 g/mol. The second kappa shape index (κ2) is 6.66. The fourth-order valence-corrected chi connectivity index (χ4v) is 3.62. The lowest BCUT2D eigenvalue weighted by atomic mass is 10.1. The van der Waals surface area contributed by atoms with Gasteiger partial charge in [-0.3, -0.25) is 4.90 Å². The molecule has 102 valence electrons. The zero-order chi connectivity index (χ0) is 13.8. The van der Waals surface area contributed by atoms with Gasteiger partial charge in [0.15, 0.2) is 0 Å². The highest BCUT2D eigenvalue weighted by molar-refractivity contribution is 9.10. The van der Waals surface area contributed by atoms with Crippen molar-refractivity contribution < 1.29 is 0 Å². The molecule has 0 bridgehead atoms. The zero-order valence-electron chi connectivity index (χ0n) is 11.3. The molecule has 2 nitrogen and oxygen atoms in total. The monoisotopic (exact) mass is 338 g/mol. The first-order valence-electron chi connectivity index (χ1n) is 6.32. The first-order chi connectivity index (χ1) is 9.11. The summed E-state index contributed by atoms with van der Waals surface area (Å²) >= 11 is 5.43. The molecule has 4 heteroatoms. The summed E-state index contributed by atoms with van der Waals surface area (Å²) in [7, 11) is 2.13. The van der Waals surface area contributed by atoms with Crippen molar-refractivity contribution in [1.82, 2.24) is 4.90 Å². The van der Waals surface area contributed by atoms with Crippen molar-refractivity contribution in [2.45, 2.75) is 19.5 Å². The van der Waals surface area contributed by atoms with Crippen LogP contribution in [0.4, 0.5) is 0 Å². The van der Waals surface area contributed by atoms with Gasteiger partial charge in [0, 0.05) is 27.3 Å². The highest BCUT2D eigenvalue weighted by atomic mass is 79.9. The summed E-state index contributed by atoms with van der Waals surface area (Å²) < 4.78 is 1.15. The Morgan fingerprint density at radius 3 is 2.58 bits per heavy atom. The molecule has 0 saturated heterocycles. The molecule has 1 unspecified atom stereocenters. The third kappa shape index (κ3) is 3.66. The van der Waals surface area contributed by atoms with Gasteiger partial charge in [-0.15, -0.1) is 11.3 Å². The summed E-state index contributed by atoms with van der Waals surface area (Å²) in [5.74, 6) is 0. The quantitative estimate of drug-likeness (QED) is 0.894. The van der Waals surface area contributed by atoms with Gasteiger partial charge in [-0.25, -0.2) is 0 Å². The van der Waals surface area contributed by atoms with E-state index in [0.29, 0.717) is 6.54 Å². The molecule has 0 amide bonds. The number of hydrogen-bond donors (Lipinski definition) is 1. The van der Waals surface area contributed by atoms with E-state index in [1.165, 1.54) is 15.3 Å². The van der Waals surface area contributed by atoms with Crippen LogP contribution in [0, 0.1) is 6.92 Å². The van der Waals surface area contributed by atoms with Gasteiger partial charge >= 0.3 is 0 Å². The summed E-state index contributed by atoms with van der Waals surface area (Å²) in [5, 5.41) is 0. The van der Waals surface area contributed by atoms with E-state index in [1.54, 1.807) is 0 Å². The minimum atomic E-state index is 0.283. The molecule has 1 aromatic carbocycles. The van der Waals surface area contributed by atoms with Gasteiger partial charge in [-0.1, -0.05) is 34.1 Å². The lowest BCUT2D eigenvalue weighted by molar-refractivity contribution is 0.245. The van der Waals surface area contributed by atoms with E-state index in [-0.39, 0.29) is 6.04 Å². The number of likely N-dealkylation sites (N-methyl/N-ethyl adjacent to an activating group) is 1. The second-order valence-corrected chi connectivity index (χ2v) is 6.88. The number of thiophene rings is 1. The normalized spacial score (nSPS) is 12.9. The Morgan fingerprint density at radius 1 is 1.26 bits per heavy atom. The van der Waals surface area contributed by atoms with E-state index in [0.717, 1.165) is 11.0 Å². The van der Waals surface area contributed by atoms with Crippen LogP contribution in [-0.4, -0.2) is 18.5 Å². The van der Waals surface area contributed by atoms with Crippen LogP contribution in [0.15, 0.2) is 40.9 Å². The maximum atomic E-state index is 5.96. The van der Waals surface area contributed by atoms with Crippen LogP contribution < -0.4 is 5.73 Å². The molecule has 2 rings (SSSR count). The summed E-state index contributed by atoms with van der Waals surface area (Å²) in [6.45, 7) is 3.66. The Morgan fingerprint density at radius 2 is 2.00 bits per heavy atom. The summed E-state index contributed by atoms with van der Waals surface area (Å²) in [6.07, 6.45) is 0. The molecule has 0 saturated carbocycles. The highest BCUT2D eigenvalue weighted by Gasteiger charge is 2.17. The summed E-state index contributed by atoms with van der Waals surface area (Å²) in [4.78, 5) is 4.99. The smallest absolute Gasteiger partial charge is 0.0564 e. The minimum Gasteiger partial charge on any atom is -0.329 e. The first-order valence-corrected chi connectivity index (χ1v) is 7.93. The summed E-state index contributed by atoms with van der Waals surface area (Å²) in [6, 6.07) is 13.0. The zero-order valence-corrected chi connectivity index (χ0v) is 13.7. The molecule has 1 aromatic heterocycles. The molecule has 0 spiro atoms. The van der Waals surface area contributed by atoms with Crippen molar-refractivity contribution in [3.63, 3.8) is 0 Å². The summed E-state index contributed by atoms with van der Waals surface area (Å²) in [5.41, 5.74) is 7.25. The van der Waals surface area contributed by atoms with Gasteiger partial charge in [-0.05, 0) is 37.7 Å². The predicted molar refractivity (Wildman–Crippen MR) is 86.5 cm³/mol. The van der Waals surface area contributed by atoms with Crippen LogP contribution in [0.3, 0.4) is 0 Å². The van der Waals surface area contributed by atoms with Crippen molar-refractivity contribution in [2.24, 2.45) is 5.73 Å². The average Bonchev–Trinajstić information content (AvgIpc) is 2.80. The number of rotatable bonds is 5. The van der Waals surface area contributed by atoms with E-state index < -0.39 is 0 Å². The van der Waals surface area contributed by atoms with Gasteiger partial charge < -0.3 is 5.73 Å². The Labute approximate surface area is 127 Å². The Kier molecular flexibility index (Phi) is 5.16. The maximum absolute atomic E-state index is 5.96. The Hall–Kier alpha value is -0.680. The molecule has 0 radical (unpaired) electrons. The Balaban J connectivity index is 2.13. The molecule has 1 heterocycles. The number of benzene rings is 1. The van der Waals surface area contributed by atoms with Crippen LogP contribution in [0.5, 0.6) is 0 Å². The molecular formula is C15H19BrN2S. The van der Waals surface area contributed by atoms with Crippen LogP contribution in [0.25, 0.3) is 0 Å². The fraction of sp³-hybridized carbons (Fsp3) is 0.333. The van der Waals surface area contributed by atoms with E-state index >= 15 is 0 Å². The van der Waals surface area contributed by atoms with Crippen LogP contribution in [0.1, 0.15) is 21.4 Å². The van der Waals surface area contributed by atoms with Crippen molar-refractivity contribution in [2.75, 3.05) is 13.6 Å². The first kappa shape index (κ1) is 14.7. The van der Waals surface area contributed by atoms with E-state index in [2.05, 4.69) is 65.1 Å². The van der Waals surface area contributed by atoms with Gasteiger partial charge in [0.25, 0.3) is 0 Å². The van der Waals surface area contributed by atoms with Crippen molar-refractivity contribution in [1.29, 1.82) is 0 Å². The number of nitrogens with zero attached hydrogens (tertiary/aromatic N) is 1. The lowest BCUT2D eigenvalue weighted by Crippen LogP contribution is -2.29. The number of halogens is 1. The van der Waals surface area contributed by atoms with E-state index in [1.807, 2.05) is 17.4 Å². The van der Waals surface area contributed by atoms with Crippen LogP contribution >= 0.6 is 27.3 Å². The molecule has 2 aromatic rings. The topological polar surface area (TPSA) is 29.3 Å². The lowest BCUT2D eigenvalue weighted by Gasteiger charge is -2.26.